The predicted octanol–water partition coefficient (Wildman–Crippen LogP) is -0.336. The van der Waals surface area contributed by atoms with Gasteiger partial charge in [0.15, 0.2) is 0 Å². The minimum absolute atomic E-state index is 0.708. The monoisotopic (exact) mass is 154 g/mol. The molecule has 0 aromatic heterocycles. The number of quaternary nitrogens is 2. The van der Waals surface area contributed by atoms with E-state index in [0.29, 0.717) is 5.66 Å². The third-order valence-corrected chi connectivity index (χ3v) is 4.42. The molecule has 0 aliphatic carbocycles. The summed E-state index contributed by atoms with van der Waals surface area (Å²) in [5, 5.41) is 2.66. The summed E-state index contributed by atoms with van der Waals surface area (Å²) in [6, 6.07) is 0. The Kier molecular flexibility index (Phi) is 1.06. The lowest BCUT2D eigenvalue weighted by molar-refractivity contribution is -1.02. The molecule has 0 unspecified atom stereocenters. The van der Waals surface area contributed by atoms with Gasteiger partial charge in [-0.1, -0.05) is 0 Å². The molecule has 2 heteroatoms. The first-order valence-corrected chi connectivity index (χ1v) is 5.08. The van der Waals surface area contributed by atoms with Crippen LogP contribution in [-0.4, -0.2) is 36.3 Å². The minimum Gasteiger partial charge on any atom is -0.290 e. The fraction of sp³-hybridized carbons (Fsp3) is 1.00. The van der Waals surface area contributed by atoms with Crippen molar-refractivity contribution in [2.75, 3.05) is 26.2 Å². The zero-order valence-electron chi connectivity index (χ0n) is 7.18. The molecule has 0 radical (unpaired) electrons. The fourth-order valence-corrected chi connectivity index (χ4v) is 3.96. The van der Waals surface area contributed by atoms with Crippen molar-refractivity contribution in [2.45, 2.75) is 31.3 Å². The van der Waals surface area contributed by atoms with E-state index in [1.807, 2.05) is 0 Å². The largest absolute Gasteiger partial charge is 0.290 e. The van der Waals surface area contributed by atoms with Gasteiger partial charge in [-0.2, -0.15) is 0 Å². The average molecular weight is 154 g/mol. The maximum Gasteiger partial charge on any atom is 0.223 e. The Hall–Kier alpha value is -0.0800. The van der Waals surface area contributed by atoms with E-state index in [1.54, 1.807) is 0 Å². The van der Waals surface area contributed by atoms with Crippen LogP contribution in [0.3, 0.4) is 0 Å². The molecule has 3 rings (SSSR count). The van der Waals surface area contributed by atoms with Gasteiger partial charge in [0.25, 0.3) is 0 Å². The van der Waals surface area contributed by atoms with E-state index >= 15 is 0 Å². The molecule has 2 nitrogen and oxygen atoms in total. The second-order valence-corrected chi connectivity index (χ2v) is 4.62. The van der Waals surface area contributed by atoms with Crippen molar-refractivity contribution in [3.05, 3.63) is 0 Å². The van der Waals surface area contributed by atoms with Gasteiger partial charge in [-0.25, -0.2) is 0 Å². The molecule has 3 fully saturated rings. The van der Waals surface area contributed by atoms with Crippen LogP contribution in [0.25, 0.3) is 0 Å². The van der Waals surface area contributed by atoms with Crippen molar-refractivity contribution in [3.63, 3.8) is 0 Å². The first-order chi connectivity index (χ1) is 5.37. The molecule has 0 bridgehead atoms. The molecule has 3 aliphatic rings. The minimum atomic E-state index is 0.708. The summed E-state index contributed by atoms with van der Waals surface area (Å²) in [5.74, 6) is 0. The molecule has 3 heterocycles. The normalized spacial score (nSPS) is 54.5. The molecule has 3 aliphatic heterocycles. The van der Waals surface area contributed by atoms with Crippen LogP contribution in [0.15, 0.2) is 0 Å². The average Bonchev–Trinajstić information content (AvgIpc) is 2.40. The fourth-order valence-electron chi connectivity index (χ4n) is 3.96. The highest BCUT2D eigenvalue weighted by molar-refractivity contribution is 4.83. The van der Waals surface area contributed by atoms with Crippen LogP contribution < -0.4 is 5.32 Å². The van der Waals surface area contributed by atoms with Gasteiger partial charge in [0.05, 0.1) is 25.9 Å². The zero-order valence-corrected chi connectivity index (χ0v) is 7.18. The van der Waals surface area contributed by atoms with E-state index in [0.717, 1.165) is 0 Å². The van der Waals surface area contributed by atoms with Crippen LogP contribution in [0.2, 0.25) is 0 Å². The van der Waals surface area contributed by atoms with E-state index in [1.165, 1.54) is 56.3 Å². The third kappa shape index (κ3) is 0.574. The predicted molar refractivity (Wildman–Crippen MR) is 42.9 cm³/mol. The molecule has 0 aromatic rings. The Morgan fingerprint density at radius 2 is 1.73 bits per heavy atom. The second-order valence-electron chi connectivity index (χ2n) is 4.62. The van der Waals surface area contributed by atoms with E-state index in [-0.39, 0.29) is 0 Å². The van der Waals surface area contributed by atoms with E-state index in [9.17, 15) is 0 Å². The molecular weight excluding hydrogens is 136 g/mol. The Labute approximate surface area is 68.2 Å². The summed E-state index contributed by atoms with van der Waals surface area (Å²) in [5.41, 5.74) is 0.708. The van der Waals surface area contributed by atoms with Crippen molar-refractivity contribution in [2.24, 2.45) is 0 Å². The van der Waals surface area contributed by atoms with Crippen LogP contribution >= 0.6 is 0 Å². The first-order valence-electron chi connectivity index (χ1n) is 5.08. The number of hydrogen-bond acceptors (Lipinski definition) is 0. The SMILES string of the molecule is C1CC23CCC[N+]2(C1)CC[NH2+]3. The van der Waals surface area contributed by atoms with Gasteiger partial charge in [-0.05, 0) is 0 Å². The molecule has 3 saturated heterocycles. The summed E-state index contributed by atoms with van der Waals surface area (Å²) in [7, 11) is 0. The smallest absolute Gasteiger partial charge is 0.223 e. The molecule has 62 valence electrons. The van der Waals surface area contributed by atoms with Gasteiger partial charge < -0.3 is 0 Å². The number of rotatable bonds is 0. The molecular formula is C9H18N2+2. The number of hydrogen-bond donors (Lipinski definition) is 1. The van der Waals surface area contributed by atoms with Gasteiger partial charge in [-0.15, -0.1) is 0 Å². The third-order valence-electron chi connectivity index (χ3n) is 4.42. The highest BCUT2D eigenvalue weighted by Gasteiger charge is 2.64. The Morgan fingerprint density at radius 1 is 1.00 bits per heavy atom. The Bertz CT molecular complexity index is 141. The second kappa shape index (κ2) is 1.80. The molecule has 0 aromatic carbocycles. The summed E-state index contributed by atoms with van der Waals surface area (Å²) < 4.78 is 1.51. The lowest BCUT2D eigenvalue weighted by Gasteiger charge is -2.33. The van der Waals surface area contributed by atoms with Crippen molar-refractivity contribution in [1.29, 1.82) is 0 Å². The van der Waals surface area contributed by atoms with Crippen LogP contribution in [-0.2, 0) is 0 Å². The van der Waals surface area contributed by atoms with E-state index < -0.39 is 0 Å². The first kappa shape index (κ1) is 6.44. The van der Waals surface area contributed by atoms with Crippen LogP contribution in [0.5, 0.6) is 0 Å². The highest BCUT2D eigenvalue weighted by Crippen LogP contribution is 2.42. The van der Waals surface area contributed by atoms with Gasteiger partial charge in [0.2, 0.25) is 5.66 Å². The maximum atomic E-state index is 2.66. The standard InChI is InChI=1S/C9H17N2/c1-3-9-4-2-7-11(9,6-1)8-5-10-9/h10H,1-8H2/q+1/p+1. The van der Waals surface area contributed by atoms with Crippen molar-refractivity contribution < 1.29 is 9.80 Å². The van der Waals surface area contributed by atoms with E-state index in [4.69, 9.17) is 0 Å². The molecule has 0 amide bonds. The molecule has 0 saturated carbocycles. The zero-order chi connectivity index (χ0) is 7.36. The van der Waals surface area contributed by atoms with Crippen LogP contribution in [0, 0.1) is 0 Å². The quantitative estimate of drug-likeness (QED) is 0.460. The summed E-state index contributed by atoms with van der Waals surface area (Å²) >= 11 is 0. The molecule has 11 heavy (non-hydrogen) atoms. The van der Waals surface area contributed by atoms with Gasteiger partial charge >= 0.3 is 0 Å². The number of nitrogens with two attached hydrogens (primary N) is 1. The lowest BCUT2D eigenvalue weighted by atomic mass is 10.1. The van der Waals surface area contributed by atoms with Gasteiger partial charge in [-0.3, -0.25) is 9.80 Å². The Morgan fingerprint density at radius 3 is 2.36 bits per heavy atom. The van der Waals surface area contributed by atoms with Gasteiger partial charge in [0.1, 0.15) is 13.1 Å². The Balaban J connectivity index is 2.06. The summed E-state index contributed by atoms with van der Waals surface area (Å²) in [6.07, 6.45) is 6.01. The van der Waals surface area contributed by atoms with Crippen LogP contribution in [0.1, 0.15) is 25.7 Å². The van der Waals surface area contributed by atoms with E-state index in [2.05, 4.69) is 5.32 Å². The number of nitrogens with zero attached hydrogens (tertiary/aromatic N) is 1. The van der Waals surface area contributed by atoms with Crippen molar-refractivity contribution in [3.8, 4) is 0 Å². The summed E-state index contributed by atoms with van der Waals surface area (Å²) in [6.45, 7) is 5.87. The highest BCUT2D eigenvalue weighted by atomic mass is 15.5. The summed E-state index contributed by atoms with van der Waals surface area (Å²) in [4.78, 5) is 0. The van der Waals surface area contributed by atoms with Gasteiger partial charge in [0, 0.05) is 12.8 Å². The van der Waals surface area contributed by atoms with Crippen molar-refractivity contribution >= 4 is 0 Å². The molecule has 0 spiro atoms. The van der Waals surface area contributed by atoms with Crippen LogP contribution in [0.4, 0.5) is 0 Å². The molecule has 0 atom stereocenters. The van der Waals surface area contributed by atoms with Crippen molar-refractivity contribution in [1.82, 2.24) is 0 Å². The maximum absolute atomic E-state index is 2.66. The topological polar surface area (TPSA) is 16.6 Å². The lowest BCUT2D eigenvalue weighted by Crippen LogP contribution is -2.95. The molecule has 2 N–H and O–H groups in total.